The standard InChI is InChI=1S/C21H18Cl2N4O6/c22-15-2-1-13-14(19(15)23)5-11(6-16(13)26-4-3-24-10-26)27-9-12(7-17(27)20(30)31)33-21(32)25-8-18(28)29/h1-6,10,12,17H,7-9H2,(H,25,32)(H,28,29)(H,30,31)/t12-,17-/m0/s1. The van der Waals surface area contributed by atoms with Gasteiger partial charge in [-0.2, -0.15) is 0 Å². The van der Waals surface area contributed by atoms with Crippen LogP contribution in [0.1, 0.15) is 6.42 Å². The minimum absolute atomic E-state index is 0.0253. The van der Waals surface area contributed by atoms with Crippen LogP contribution in [0.5, 0.6) is 0 Å². The smallest absolute Gasteiger partial charge is 0.407 e. The van der Waals surface area contributed by atoms with Crippen LogP contribution in [0.4, 0.5) is 10.5 Å². The first kappa shape index (κ1) is 22.7. The van der Waals surface area contributed by atoms with Crippen LogP contribution in [-0.2, 0) is 14.3 Å². The van der Waals surface area contributed by atoms with E-state index in [2.05, 4.69) is 10.3 Å². The number of rotatable bonds is 6. The van der Waals surface area contributed by atoms with Gasteiger partial charge >= 0.3 is 18.0 Å². The van der Waals surface area contributed by atoms with Crippen molar-refractivity contribution in [3.63, 3.8) is 0 Å². The minimum Gasteiger partial charge on any atom is -0.480 e. The molecule has 1 amide bonds. The Hall–Kier alpha value is -3.50. The number of hydrogen-bond acceptors (Lipinski definition) is 6. The number of benzene rings is 2. The number of fused-ring (bicyclic) bond motifs is 1. The summed E-state index contributed by atoms with van der Waals surface area (Å²) in [5, 5.41) is 22.7. The van der Waals surface area contributed by atoms with E-state index in [0.717, 1.165) is 5.39 Å². The van der Waals surface area contributed by atoms with Crippen molar-refractivity contribution >= 4 is 57.7 Å². The van der Waals surface area contributed by atoms with Crippen molar-refractivity contribution in [1.29, 1.82) is 0 Å². The number of carbonyl (C=O) groups is 3. The highest BCUT2D eigenvalue weighted by molar-refractivity contribution is 6.45. The van der Waals surface area contributed by atoms with Crippen LogP contribution in [0, 0.1) is 0 Å². The molecule has 3 aromatic rings. The van der Waals surface area contributed by atoms with E-state index < -0.39 is 36.7 Å². The Bertz CT molecular complexity index is 1230. The molecule has 10 nitrogen and oxygen atoms in total. The van der Waals surface area contributed by atoms with Crippen molar-refractivity contribution in [2.75, 3.05) is 18.0 Å². The Morgan fingerprint density at radius 2 is 1.97 bits per heavy atom. The molecule has 172 valence electrons. The van der Waals surface area contributed by atoms with Crippen LogP contribution < -0.4 is 10.2 Å². The normalized spacial score (nSPS) is 17.8. The lowest BCUT2D eigenvalue weighted by molar-refractivity contribution is -0.138. The summed E-state index contributed by atoms with van der Waals surface area (Å²) in [7, 11) is 0. The fraction of sp³-hybridized carbons (Fsp3) is 0.238. The average molecular weight is 493 g/mol. The molecule has 2 heterocycles. The third-order valence-corrected chi connectivity index (χ3v) is 6.12. The first-order valence-corrected chi connectivity index (χ1v) is 10.6. The summed E-state index contributed by atoms with van der Waals surface area (Å²) in [4.78, 5) is 40.2. The number of amides is 1. The number of alkyl carbamates (subject to hydrolysis) is 1. The van der Waals surface area contributed by atoms with E-state index in [9.17, 15) is 19.5 Å². The molecule has 0 radical (unpaired) electrons. The summed E-state index contributed by atoms with van der Waals surface area (Å²) in [6.45, 7) is -0.514. The van der Waals surface area contributed by atoms with Gasteiger partial charge < -0.3 is 29.7 Å². The molecule has 1 fully saturated rings. The van der Waals surface area contributed by atoms with Gasteiger partial charge in [0.25, 0.3) is 0 Å². The Morgan fingerprint density at radius 1 is 1.18 bits per heavy atom. The minimum atomic E-state index is -1.22. The van der Waals surface area contributed by atoms with Crippen molar-refractivity contribution in [3.8, 4) is 5.69 Å². The number of hydrogen-bond donors (Lipinski definition) is 3. The van der Waals surface area contributed by atoms with Gasteiger partial charge in [0.1, 0.15) is 18.7 Å². The van der Waals surface area contributed by atoms with Crippen LogP contribution >= 0.6 is 23.2 Å². The number of anilines is 1. The van der Waals surface area contributed by atoms with Crippen LogP contribution in [-0.4, -0.2) is 63.0 Å². The topological polar surface area (TPSA) is 134 Å². The fourth-order valence-corrected chi connectivity index (χ4v) is 4.25. The molecule has 0 aliphatic carbocycles. The predicted octanol–water partition coefficient (Wildman–Crippen LogP) is 3.18. The maximum atomic E-state index is 12.0. The Balaban J connectivity index is 1.72. The number of nitrogens with zero attached hydrogens (tertiary/aromatic N) is 3. The number of aromatic nitrogens is 2. The highest BCUT2D eigenvalue weighted by atomic mass is 35.5. The lowest BCUT2D eigenvalue weighted by Crippen LogP contribution is -2.36. The van der Waals surface area contributed by atoms with E-state index in [0.29, 0.717) is 26.8 Å². The van der Waals surface area contributed by atoms with Gasteiger partial charge in [0.05, 0.1) is 28.6 Å². The summed E-state index contributed by atoms with van der Waals surface area (Å²) in [5.41, 5.74) is 1.26. The molecule has 1 saturated heterocycles. The molecule has 2 aromatic carbocycles. The number of carbonyl (C=O) groups excluding carboxylic acids is 1. The van der Waals surface area contributed by atoms with Crippen LogP contribution in [0.15, 0.2) is 43.0 Å². The second-order valence-electron chi connectivity index (χ2n) is 7.41. The molecule has 0 bridgehead atoms. The molecule has 0 spiro atoms. The number of aliphatic carboxylic acids is 2. The summed E-state index contributed by atoms with van der Waals surface area (Å²) >= 11 is 12.7. The number of ether oxygens (including phenoxy) is 1. The molecule has 1 aliphatic heterocycles. The fourth-order valence-electron chi connectivity index (χ4n) is 3.86. The number of halogens is 2. The van der Waals surface area contributed by atoms with Gasteiger partial charge in [-0.15, -0.1) is 0 Å². The zero-order valence-electron chi connectivity index (χ0n) is 16.9. The Labute approximate surface area is 197 Å². The molecule has 2 atom stereocenters. The molecule has 0 saturated carbocycles. The van der Waals surface area contributed by atoms with Gasteiger partial charge in [0.2, 0.25) is 0 Å². The number of nitrogens with one attached hydrogen (secondary N) is 1. The van der Waals surface area contributed by atoms with Crippen molar-refractivity contribution in [3.05, 3.63) is 53.0 Å². The highest BCUT2D eigenvalue weighted by Crippen LogP contribution is 2.39. The van der Waals surface area contributed by atoms with E-state index in [1.807, 2.05) is 6.07 Å². The largest absolute Gasteiger partial charge is 0.480 e. The van der Waals surface area contributed by atoms with Gasteiger partial charge in [-0.25, -0.2) is 14.6 Å². The molecule has 33 heavy (non-hydrogen) atoms. The number of imidazole rings is 1. The quantitative estimate of drug-likeness (QED) is 0.477. The molecule has 4 rings (SSSR count). The van der Waals surface area contributed by atoms with E-state index >= 15 is 0 Å². The van der Waals surface area contributed by atoms with Crippen LogP contribution in [0.2, 0.25) is 10.0 Å². The maximum Gasteiger partial charge on any atom is 0.407 e. The second-order valence-corrected chi connectivity index (χ2v) is 8.19. The van der Waals surface area contributed by atoms with Crippen molar-refractivity contribution in [1.82, 2.24) is 14.9 Å². The SMILES string of the molecule is O=C(O)CNC(=O)O[C@H]1C[C@@H](C(=O)O)N(c2cc(-n3ccnc3)c3ccc(Cl)c(Cl)c3c2)C1. The molecule has 1 aliphatic rings. The van der Waals surface area contributed by atoms with Gasteiger partial charge in [0.15, 0.2) is 0 Å². The molecule has 12 heteroatoms. The van der Waals surface area contributed by atoms with Crippen molar-refractivity contribution in [2.45, 2.75) is 18.6 Å². The van der Waals surface area contributed by atoms with Crippen LogP contribution in [0.3, 0.4) is 0 Å². The zero-order chi connectivity index (χ0) is 23.7. The first-order chi connectivity index (χ1) is 15.7. The zero-order valence-corrected chi connectivity index (χ0v) is 18.5. The highest BCUT2D eigenvalue weighted by Gasteiger charge is 2.39. The summed E-state index contributed by atoms with van der Waals surface area (Å²) < 4.78 is 7.02. The van der Waals surface area contributed by atoms with E-state index in [-0.39, 0.29) is 13.0 Å². The van der Waals surface area contributed by atoms with Gasteiger partial charge in [0, 0.05) is 35.3 Å². The third-order valence-electron chi connectivity index (χ3n) is 5.31. The summed E-state index contributed by atoms with van der Waals surface area (Å²) in [6.07, 6.45) is 3.31. The Morgan fingerprint density at radius 3 is 2.64 bits per heavy atom. The summed E-state index contributed by atoms with van der Waals surface area (Å²) in [5.74, 6) is -2.31. The number of carboxylic acid groups (broad SMARTS) is 2. The van der Waals surface area contributed by atoms with Gasteiger partial charge in [-0.05, 0) is 18.2 Å². The maximum absolute atomic E-state index is 12.0. The Kier molecular flexibility index (Phi) is 6.30. The van der Waals surface area contributed by atoms with Crippen molar-refractivity contribution in [2.24, 2.45) is 0 Å². The lowest BCUT2D eigenvalue weighted by atomic mass is 10.1. The lowest BCUT2D eigenvalue weighted by Gasteiger charge is -2.25. The average Bonchev–Trinajstić information content (AvgIpc) is 3.45. The van der Waals surface area contributed by atoms with E-state index in [4.69, 9.17) is 33.0 Å². The van der Waals surface area contributed by atoms with Crippen LogP contribution in [0.25, 0.3) is 16.5 Å². The first-order valence-electron chi connectivity index (χ1n) is 9.80. The predicted molar refractivity (Wildman–Crippen MR) is 120 cm³/mol. The summed E-state index contributed by atoms with van der Waals surface area (Å²) in [6, 6.07) is 6.07. The van der Waals surface area contributed by atoms with Crippen molar-refractivity contribution < 1.29 is 29.3 Å². The molecule has 3 N–H and O–H groups in total. The molecular weight excluding hydrogens is 475 g/mol. The molecular formula is C21H18Cl2N4O6. The van der Waals surface area contributed by atoms with Gasteiger partial charge in [-0.1, -0.05) is 29.3 Å². The number of carboxylic acids is 2. The van der Waals surface area contributed by atoms with E-state index in [1.54, 1.807) is 46.4 Å². The third kappa shape index (κ3) is 4.67. The second kappa shape index (κ2) is 9.16. The van der Waals surface area contributed by atoms with Gasteiger partial charge in [-0.3, -0.25) is 4.79 Å². The van der Waals surface area contributed by atoms with E-state index in [1.165, 1.54) is 0 Å². The molecule has 0 unspecified atom stereocenters. The molecule has 1 aromatic heterocycles. The monoisotopic (exact) mass is 492 g/mol.